The molecule has 190 valence electrons. The Hall–Kier alpha value is -4.76. The zero-order valence-corrected chi connectivity index (χ0v) is 22.3. The SMILES string of the molecule is CN(C)C1=CC(c2c(-c3ccccc3)[nH]c3ccccc23)(c2c(-c3ccccc3)[nH]c3ccccc23)CC=C1. The minimum absolute atomic E-state index is 0.427. The molecule has 3 heteroatoms. The Kier molecular flexibility index (Phi) is 5.52. The molecule has 0 atom stereocenters. The lowest BCUT2D eigenvalue weighted by Crippen LogP contribution is -2.30. The van der Waals surface area contributed by atoms with Crippen molar-refractivity contribution in [3.8, 4) is 22.5 Å². The van der Waals surface area contributed by atoms with Gasteiger partial charge in [0, 0.05) is 58.1 Å². The van der Waals surface area contributed by atoms with E-state index in [0.717, 1.165) is 17.5 Å². The maximum atomic E-state index is 3.84. The van der Waals surface area contributed by atoms with Crippen LogP contribution in [0.1, 0.15) is 17.5 Å². The van der Waals surface area contributed by atoms with Gasteiger partial charge in [0.15, 0.2) is 0 Å². The van der Waals surface area contributed by atoms with Crippen molar-refractivity contribution >= 4 is 21.8 Å². The van der Waals surface area contributed by atoms with Crippen LogP contribution in [0, 0.1) is 0 Å². The van der Waals surface area contributed by atoms with Gasteiger partial charge in [0.2, 0.25) is 0 Å². The molecule has 39 heavy (non-hydrogen) atoms. The van der Waals surface area contributed by atoms with Crippen molar-refractivity contribution in [1.29, 1.82) is 0 Å². The number of likely N-dealkylation sites (N-methyl/N-ethyl adjacent to an activating group) is 1. The molecule has 2 N–H and O–H groups in total. The lowest BCUT2D eigenvalue weighted by atomic mass is 9.66. The summed E-state index contributed by atoms with van der Waals surface area (Å²) in [5.74, 6) is 0. The molecule has 0 bridgehead atoms. The summed E-state index contributed by atoms with van der Waals surface area (Å²) >= 11 is 0. The molecule has 6 aromatic rings. The van der Waals surface area contributed by atoms with Crippen LogP contribution < -0.4 is 0 Å². The normalized spacial score (nSPS) is 14.6. The van der Waals surface area contributed by atoms with Gasteiger partial charge in [0.1, 0.15) is 0 Å². The van der Waals surface area contributed by atoms with Crippen LogP contribution in [0.3, 0.4) is 0 Å². The van der Waals surface area contributed by atoms with Crippen LogP contribution in [-0.4, -0.2) is 29.0 Å². The van der Waals surface area contributed by atoms with E-state index >= 15 is 0 Å². The van der Waals surface area contributed by atoms with Gasteiger partial charge < -0.3 is 14.9 Å². The van der Waals surface area contributed by atoms with Crippen molar-refractivity contribution in [2.75, 3.05) is 14.1 Å². The van der Waals surface area contributed by atoms with Crippen molar-refractivity contribution in [2.45, 2.75) is 11.8 Å². The molecule has 0 saturated carbocycles. The van der Waals surface area contributed by atoms with Crippen LogP contribution in [0.4, 0.5) is 0 Å². The first-order chi connectivity index (χ1) is 19.2. The molecular formula is C36H31N3. The van der Waals surface area contributed by atoms with E-state index in [2.05, 4.69) is 156 Å². The third-order valence-electron chi connectivity index (χ3n) is 8.07. The van der Waals surface area contributed by atoms with E-state index in [9.17, 15) is 0 Å². The number of benzene rings is 4. The van der Waals surface area contributed by atoms with E-state index < -0.39 is 5.41 Å². The quantitative estimate of drug-likeness (QED) is 0.241. The summed E-state index contributed by atoms with van der Waals surface area (Å²) in [5.41, 5.74) is 10.4. The van der Waals surface area contributed by atoms with Crippen molar-refractivity contribution in [3.63, 3.8) is 0 Å². The molecule has 3 nitrogen and oxygen atoms in total. The average Bonchev–Trinajstić information content (AvgIpc) is 3.58. The third kappa shape index (κ3) is 3.73. The number of rotatable bonds is 5. The fourth-order valence-corrected chi connectivity index (χ4v) is 6.33. The lowest BCUT2D eigenvalue weighted by molar-refractivity contribution is 0.506. The van der Waals surface area contributed by atoms with Crippen LogP contribution in [0.15, 0.2) is 133 Å². The van der Waals surface area contributed by atoms with Crippen LogP contribution in [-0.2, 0) is 5.41 Å². The van der Waals surface area contributed by atoms with Gasteiger partial charge in [0.25, 0.3) is 0 Å². The second-order valence-electron chi connectivity index (χ2n) is 10.6. The highest BCUT2D eigenvalue weighted by atomic mass is 15.1. The molecule has 0 fully saturated rings. The molecule has 2 aromatic heterocycles. The first kappa shape index (κ1) is 23.4. The van der Waals surface area contributed by atoms with Crippen molar-refractivity contribution < 1.29 is 0 Å². The molecular weight excluding hydrogens is 474 g/mol. The summed E-state index contributed by atoms with van der Waals surface area (Å²) in [7, 11) is 4.26. The maximum Gasteiger partial charge on any atom is 0.0509 e. The zero-order valence-electron chi connectivity index (χ0n) is 22.3. The molecule has 4 aromatic carbocycles. The summed E-state index contributed by atoms with van der Waals surface area (Å²) in [5, 5.41) is 2.51. The number of para-hydroxylation sites is 2. The third-order valence-corrected chi connectivity index (χ3v) is 8.07. The molecule has 0 amide bonds. The predicted octanol–water partition coefficient (Wildman–Crippen LogP) is 8.67. The smallest absolute Gasteiger partial charge is 0.0509 e. The van der Waals surface area contributed by atoms with E-state index in [4.69, 9.17) is 0 Å². The Balaban J connectivity index is 1.67. The van der Waals surface area contributed by atoms with Gasteiger partial charge in [-0.3, -0.25) is 0 Å². The Labute approximate surface area is 229 Å². The molecule has 0 radical (unpaired) electrons. The number of nitrogens with zero attached hydrogens (tertiary/aromatic N) is 1. The van der Waals surface area contributed by atoms with Gasteiger partial charge >= 0.3 is 0 Å². The largest absolute Gasteiger partial charge is 0.378 e. The molecule has 7 rings (SSSR count). The number of aromatic nitrogens is 2. The van der Waals surface area contributed by atoms with E-state index in [1.165, 1.54) is 50.1 Å². The Morgan fingerprint density at radius 2 is 1.05 bits per heavy atom. The standard InChI is InChI=1S/C36H31N3/c1-39(2)27-18-13-23-36(24-27,32-28-19-9-11-21-30(28)37-34(32)25-14-5-3-6-15-25)33-29-20-10-12-22-31(29)38-35(33)26-16-7-4-8-17-26/h3-22,24,37-38H,23H2,1-2H3. The number of hydrogen-bond donors (Lipinski definition) is 2. The zero-order chi connectivity index (χ0) is 26.4. The first-order valence-corrected chi connectivity index (χ1v) is 13.6. The van der Waals surface area contributed by atoms with Crippen LogP contribution in [0.2, 0.25) is 0 Å². The Bertz CT molecular complexity index is 1730. The van der Waals surface area contributed by atoms with Gasteiger partial charge in [-0.1, -0.05) is 103 Å². The number of fused-ring (bicyclic) bond motifs is 2. The number of H-pyrrole nitrogens is 2. The fourth-order valence-electron chi connectivity index (χ4n) is 6.33. The van der Waals surface area contributed by atoms with Gasteiger partial charge in [-0.25, -0.2) is 0 Å². The predicted molar refractivity (Wildman–Crippen MR) is 164 cm³/mol. The molecule has 0 unspecified atom stereocenters. The monoisotopic (exact) mass is 505 g/mol. The van der Waals surface area contributed by atoms with E-state index in [1.54, 1.807) is 0 Å². The highest BCUT2D eigenvalue weighted by Gasteiger charge is 2.42. The van der Waals surface area contributed by atoms with Gasteiger partial charge in [-0.2, -0.15) is 0 Å². The van der Waals surface area contributed by atoms with Crippen molar-refractivity contribution in [3.05, 3.63) is 144 Å². The average molecular weight is 506 g/mol. The molecule has 1 aliphatic rings. The minimum atomic E-state index is -0.427. The summed E-state index contributed by atoms with van der Waals surface area (Å²) < 4.78 is 0. The molecule has 0 aliphatic heterocycles. The Morgan fingerprint density at radius 3 is 1.54 bits per heavy atom. The number of aromatic amines is 2. The van der Waals surface area contributed by atoms with Crippen LogP contribution >= 0.6 is 0 Å². The fraction of sp³-hybridized carbons (Fsp3) is 0.111. The van der Waals surface area contributed by atoms with E-state index in [1.807, 2.05) is 0 Å². The summed E-state index contributed by atoms with van der Waals surface area (Å²) in [6, 6.07) is 39.0. The summed E-state index contributed by atoms with van der Waals surface area (Å²) in [6.07, 6.45) is 7.96. The lowest BCUT2D eigenvalue weighted by Gasteiger charge is -2.37. The van der Waals surface area contributed by atoms with Gasteiger partial charge in [-0.15, -0.1) is 0 Å². The van der Waals surface area contributed by atoms with E-state index in [0.29, 0.717) is 0 Å². The van der Waals surface area contributed by atoms with Crippen molar-refractivity contribution in [1.82, 2.24) is 14.9 Å². The molecule has 0 spiro atoms. The summed E-state index contributed by atoms with van der Waals surface area (Å²) in [4.78, 5) is 9.90. The number of nitrogens with one attached hydrogen (secondary N) is 2. The van der Waals surface area contributed by atoms with Crippen LogP contribution in [0.25, 0.3) is 44.3 Å². The molecule has 1 aliphatic carbocycles. The second-order valence-corrected chi connectivity index (χ2v) is 10.6. The van der Waals surface area contributed by atoms with Crippen molar-refractivity contribution in [2.24, 2.45) is 0 Å². The van der Waals surface area contributed by atoms with Gasteiger partial charge in [-0.05, 0) is 41.8 Å². The maximum absolute atomic E-state index is 3.84. The Morgan fingerprint density at radius 1 is 0.590 bits per heavy atom. The highest BCUT2D eigenvalue weighted by molar-refractivity contribution is 5.98. The van der Waals surface area contributed by atoms with Crippen LogP contribution in [0.5, 0.6) is 0 Å². The summed E-state index contributed by atoms with van der Waals surface area (Å²) in [6.45, 7) is 0. The van der Waals surface area contributed by atoms with Gasteiger partial charge in [0.05, 0.1) is 11.4 Å². The number of allylic oxidation sites excluding steroid dienone is 3. The topological polar surface area (TPSA) is 34.8 Å². The minimum Gasteiger partial charge on any atom is -0.378 e. The highest BCUT2D eigenvalue weighted by Crippen LogP contribution is 2.52. The second kappa shape index (κ2) is 9.21. The molecule has 0 saturated heterocycles. The van der Waals surface area contributed by atoms with E-state index in [-0.39, 0.29) is 0 Å². The molecule has 2 heterocycles. The number of hydrogen-bond acceptors (Lipinski definition) is 1. The first-order valence-electron chi connectivity index (χ1n) is 13.6.